The summed E-state index contributed by atoms with van der Waals surface area (Å²) in [7, 11) is -4.54. The maximum atomic E-state index is 13.8. The van der Waals surface area contributed by atoms with Crippen molar-refractivity contribution < 1.29 is 8.42 Å². The van der Waals surface area contributed by atoms with E-state index in [1.165, 1.54) is 63.4 Å². The van der Waals surface area contributed by atoms with Crippen LogP contribution in [0.1, 0.15) is 90.5 Å². The maximum Gasteiger partial charge on any atom is 0.185 e. The van der Waals surface area contributed by atoms with Gasteiger partial charge in [-0.3, -0.25) is 0 Å². The van der Waals surface area contributed by atoms with E-state index in [2.05, 4.69) is 20.8 Å². The molecule has 166 valence electrons. The molecule has 0 saturated heterocycles. The second kappa shape index (κ2) is 11.8. The van der Waals surface area contributed by atoms with E-state index in [9.17, 15) is 8.42 Å². The molecule has 0 aliphatic heterocycles. The van der Waals surface area contributed by atoms with Crippen LogP contribution in [0.25, 0.3) is 0 Å². The second-order valence-corrected chi connectivity index (χ2v) is 15.8. The molecular weight excluding hydrogens is 395 g/mol. The summed E-state index contributed by atoms with van der Waals surface area (Å²) in [6.45, 7) is 8.89. The van der Waals surface area contributed by atoms with E-state index in [0.717, 1.165) is 24.8 Å². The Labute approximate surface area is 181 Å². The second-order valence-electron chi connectivity index (χ2n) is 9.20. The fourth-order valence-electron chi connectivity index (χ4n) is 5.22. The van der Waals surface area contributed by atoms with Gasteiger partial charge in [0, 0.05) is 7.26 Å². The zero-order chi connectivity index (χ0) is 21.3. The molecule has 0 aromatic heterocycles. The highest BCUT2D eigenvalue weighted by molar-refractivity contribution is 7.93. The van der Waals surface area contributed by atoms with Gasteiger partial charge in [0.2, 0.25) is 0 Å². The Kier molecular flexibility index (Phi) is 10.2. The third-order valence-corrected chi connectivity index (χ3v) is 15.1. The van der Waals surface area contributed by atoms with Crippen molar-refractivity contribution in [2.24, 2.45) is 0 Å². The first kappa shape index (κ1) is 24.9. The Morgan fingerprint density at radius 3 is 1.79 bits per heavy atom. The van der Waals surface area contributed by atoms with Crippen LogP contribution in [-0.2, 0) is 9.84 Å². The number of hydrogen-bond acceptors (Lipinski definition) is 2. The van der Waals surface area contributed by atoms with Gasteiger partial charge in [-0.05, 0) is 57.6 Å². The third-order valence-electron chi connectivity index (χ3n) is 6.99. The van der Waals surface area contributed by atoms with Crippen molar-refractivity contribution in [2.75, 3.05) is 18.5 Å². The number of sulfone groups is 1. The fourth-order valence-corrected chi connectivity index (χ4v) is 14.5. The van der Waals surface area contributed by atoms with Crippen LogP contribution in [0, 0.1) is 6.92 Å². The average molecular weight is 440 g/mol. The first-order chi connectivity index (χ1) is 13.9. The Morgan fingerprint density at radius 1 is 0.828 bits per heavy atom. The van der Waals surface area contributed by atoms with Gasteiger partial charge in [0.25, 0.3) is 0 Å². The van der Waals surface area contributed by atoms with Gasteiger partial charge in [0.15, 0.2) is 9.84 Å². The minimum absolute atomic E-state index is 0.155. The summed E-state index contributed by atoms with van der Waals surface area (Å²) in [6, 6.07) is 7.61. The van der Waals surface area contributed by atoms with Crippen LogP contribution in [0.15, 0.2) is 29.2 Å². The summed E-state index contributed by atoms with van der Waals surface area (Å²) in [5, 5.41) is -0.155. The first-order valence-electron chi connectivity index (χ1n) is 12.1. The Morgan fingerprint density at radius 2 is 1.31 bits per heavy atom. The van der Waals surface area contributed by atoms with Crippen molar-refractivity contribution >= 4 is 17.1 Å². The summed E-state index contributed by atoms with van der Waals surface area (Å²) >= 11 is 0. The largest absolute Gasteiger partial charge is 0.223 e. The fraction of sp³-hybridized carbons (Fsp3) is 0.760. The van der Waals surface area contributed by atoms with Gasteiger partial charge in [0.1, 0.15) is 5.25 Å². The summed E-state index contributed by atoms with van der Waals surface area (Å²) in [5.41, 5.74) is 1.55. The summed E-state index contributed by atoms with van der Waals surface area (Å²) < 4.78 is 27.6. The van der Waals surface area contributed by atoms with Crippen molar-refractivity contribution in [2.45, 2.75) is 108 Å². The molecule has 1 aromatic rings. The molecular formula is C25H44O2PS+. The lowest BCUT2D eigenvalue weighted by atomic mass is 9.99. The summed E-state index contributed by atoms with van der Waals surface area (Å²) in [4.78, 5) is 0.555. The lowest BCUT2D eigenvalue weighted by molar-refractivity contribution is 0.484. The summed E-state index contributed by atoms with van der Waals surface area (Å²) in [5.74, 6) is 0. The smallest absolute Gasteiger partial charge is 0.185 e. The number of unbranched alkanes of at least 4 members (excludes halogenated alkanes) is 3. The molecule has 0 bridgehead atoms. The molecule has 4 heteroatoms. The monoisotopic (exact) mass is 439 g/mol. The third kappa shape index (κ3) is 6.30. The number of aryl methyl sites for hydroxylation is 1. The Balaban J connectivity index is 2.45. The highest BCUT2D eigenvalue weighted by Gasteiger charge is 2.52. The van der Waals surface area contributed by atoms with Gasteiger partial charge < -0.3 is 0 Å². The maximum absolute atomic E-state index is 13.8. The van der Waals surface area contributed by atoms with Crippen LogP contribution in [-0.4, -0.2) is 37.8 Å². The topological polar surface area (TPSA) is 34.1 Å². The first-order valence-corrected chi connectivity index (χ1v) is 16.0. The standard InChI is InChI=1S/C25H44O2PS/c1-5-8-19-28(20-9-6-2,21-10-7-3)24-13-11-12-14-25(24)29(26,27)23-17-15-22(4)16-18-23/h15-18,24-25H,5-14,19-21H2,1-4H3/q+1. The molecule has 2 rings (SSSR count). The number of rotatable bonds is 12. The van der Waals surface area contributed by atoms with E-state index in [0.29, 0.717) is 10.6 Å². The SMILES string of the molecule is CCCC[P+](CCCC)(CCCC)C1CCCCC1S(=O)(=O)c1ccc(C)cc1. The van der Waals surface area contributed by atoms with Gasteiger partial charge >= 0.3 is 0 Å². The van der Waals surface area contributed by atoms with E-state index in [1.54, 1.807) is 0 Å². The normalized spacial score (nSPS) is 20.7. The Hall–Kier alpha value is -0.400. The molecule has 29 heavy (non-hydrogen) atoms. The summed E-state index contributed by atoms with van der Waals surface area (Å²) in [6.07, 6.45) is 15.7. The van der Waals surface area contributed by atoms with Gasteiger partial charge in [-0.25, -0.2) is 8.42 Å². The molecule has 1 aliphatic carbocycles. The lowest BCUT2D eigenvalue weighted by Crippen LogP contribution is -2.41. The van der Waals surface area contributed by atoms with Crippen LogP contribution in [0.4, 0.5) is 0 Å². The minimum Gasteiger partial charge on any atom is -0.223 e. The van der Waals surface area contributed by atoms with Crippen molar-refractivity contribution in [3.8, 4) is 0 Å². The van der Waals surface area contributed by atoms with Gasteiger partial charge in [0.05, 0.1) is 29.0 Å². The molecule has 2 nitrogen and oxygen atoms in total. The van der Waals surface area contributed by atoms with Crippen LogP contribution in [0.3, 0.4) is 0 Å². The molecule has 0 amide bonds. The van der Waals surface area contributed by atoms with E-state index < -0.39 is 17.1 Å². The molecule has 1 fully saturated rings. The molecule has 0 N–H and O–H groups in total. The molecule has 0 spiro atoms. The average Bonchev–Trinajstić information content (AvgIpc) is 2.74. The van der Waals surface area contributed by atoms with Gasteiger partial charge in [-0.15, -0.1) is 0 Å². The highest BCUT2D eigenvalue weighted by Crippen LogP contribution is 2.68. The zero-order valence-electron chi connectivity index (χ0n) is 19.3. The number of benzene rings is 1. The van der Waals surface area contributed by atoms with E-state index in [4.69, 9.17) is 0 Å². The van der Waals surface area contributed by atoms with E-state index >= 15 is 0 Å². The molecule has 0 radical (unpaired) electrons. The van der Waals surface area contributed by atoms with Crippen molar-refractivity contribution in [1.29, 1.82) is 0 Å². The molecule has 2 atom stereocenters. The number of hydrogen-bond donors (Lipinski definition) is 0. The molecule has 0 heterocycles. The predicted molar refractivity (Wildman–Crippen MR) is 131 cm³/mol. The van der Waals surface area contributed by atoms with Gasteiger partial charge in [-0.2, -0.15) is 0 Å². The highest BCUT2D eigenvalue weighted by atomic mass is 32.2. The molecule has 1 aromatic carbocycles. The van der Waals surface area contributed by atoms with Crippen LogP contribution in [0.2, 0.25) is 0 Å². The lowest BCUT2D eigenvalue weighted by Gasteiger charge is -2.41. The van der Waals surface area contributed by atoms with Crippen molar-refractivity contribution in [1.82, 2.24) is 0 Å². The van der Waals surface area contributed by atoms with Crippen LogP contribution in [0.5, 0.6) is 0 Å². The molecule has 1 aliphatic rings. The van der Waals surface area contributed by atoms with Crippen molar-refractivity contribution in [3.05, 3.63) is 29.8 Å². The zero-order valence-corrected chi connectivity index (χ0v) is 21.0. The van der Waals surface area contributed by atoms with Crippen LogP contribution < -0.4 is 0 Å². The Bertz CT molecular complexity index is 674. The van der Waals surface area contributed by atoms with Crippen molar-refractivity contribution in [3.63, 3.8) is 0 Å². The van der Waals surface area contributed by atoms with E-state index in [-0.39, 0.29) is 5.25 Å². The van der Waals surface area contributed by atoms with E-state index in [1.807, 2.05) is 31.2 Å². The molecule has 1 saturated carbocycles. The quantitative estimate of drug-likeness (QED) is 0.316. The molecule has 2 unspecified atom stereocenters. The predicted octanol–water partition coefficient (Wildman–Crippen LogP) is 7.50. The van der Waals surface area contributed by atoms with Gasteiger partial charge in [-0.1, -0.05) is 64.2 Å². The minimum atomic E-state index is -3.26. The van der Waals surface area contributed by atoms with Crippen LogP contribution >= 0.6 is 7.26 Å².